The van der Waals surface area contributed by atoms with Crippen LogP contribution in [0.25, 0.3) is 0 Å². The number of carbonyl (C=O) groups is 1. The smallest absolute Gasteiger partial charge is 0.270 e. The minimum Gasteiger partial charge on any atom is -0.301 e. The molecule has 2 fully saturated rings. The van der Waals surface area contributed by atoms with Crippen molar-refractivity contribution in [1.82, 2.24) is 14.9 Å². The summed E-state index contributed by atoms with van der Waals surface area (Å²) in [6.45, 7) is 1.71. The van der Waals surface area contributed by atoms with Crippen LogP contribution in [0.2, 0.25) is 0 Å². The average molecular weight is 330 g/mol. The second-order valence-corrected chi connectivity index (χ2v) is 8.54. The summed E-state index contributed by atoms with van der Waals surface area (Å²) in [6.07, 6.45) is 4.68. The van der Waals surface area contributed by atoms with E-state index >= 15 is 0 Å². The number of hydrogen-bond acceptors (Lipinski definition) is 6. The molecular formula is C12H18N4O3S2. The maximum Gasteiger partial charge on any atom is 0.270 e. The zero-order valence-electron chi connectivity index (χ0n) is 11.7. The van der Waals surface area contributed by atoms with Gasteiger partial charge in [-0.05, 0) is 31.1 Å². The molecule has 3 rings (SSSR count). The van der Waals surface area contributed by atoms with E-state index in [1.54, 1.807) is 6.92 Å². The van der Waals surface area contributed by atoms with Gasteiger partial charge in [0.2, 0.25) is 15.4 Å². The molecule has 2 saturated carbocycles. The number of carbonyl (C=O) groups excluding carboxylic acids is 1. The summed E-state index contributed by atoms with van der Waals surface area (Å²) in [6, 6.07) is 0.0198. The lowest BCUT2D eigenvalue weighted by molar-refractivity contribution is -0.115. The van der Waals surface area contributed by atoms with Crippen LogP contribution >= 0.6 is 11.3 Å². The Labute approximate surface area is 127 Å². The molecule has 2 aliphatic rings. The third kappa shape index (κ3) is 3.09. The van der Waals surface area contributed by atoms with E-state index in [1.807, 2.05) is 0 Å². The minimum atomic E-state index is -3.64. The molecule has 9 heteroatoms. The van der Waals surface area contributed by atoms with Gasteiger partial charge < -0.3 is 5.32 Å². The molecular weight excluding hydrogens is 312 g/mol. The highest BCUT2D eigenvalue weighted by molar-refractivity contribution is 7.91. The molecule has 116 valence electrons. The van der Waals surface area contributed by atoms with Crippen molar-refractivity contribution in [3.05, 3.63) is 0 Å². The van der Waals surface area contributed by atoms with Gasteiger partial charge in [-0.2, -0.15) is 0 Å². The van der Waals surface area contributed by atoms with E-state index in [0.717, 1.165) is 30.6 Å². The van der Waals surface area contributed by atoms with Gasteiger partial charge in [-0.15, -0.1) is 10.2 Å². The fourth-order valence-corrected chi connectivity index (χ4v) is 5.47. The first-order valence-electron chi connectivity index (χ1n) is 7.13. The molecule has 1 amide bonds. The number of fused-ring (bicyclic) bond motifs is 2. The Hall–Kier alpha value is -1.06. The van der Waals surface area contributed by atoms with Crippen LogP contribution in [0.3, 0.4) is 0 Å². The van der Waals surface area contributed by atoms with Gasteiger partial charge in [-0.1, -0.05) is 24.7 Å². The van der Waals surface area contributed by atoms with Crippen molar-refractivity contribution in [3.8, 4) is 0 Å². The molecule has 0 aliphatic heterocycles. The fourth-order valence-electron chi connectivity index (χ4n) is 3.22. The molecule has 2 bridgehead atoms. The normalized spacial score (nSPS) is 28.0. The van der Waals surface area contributed by atoms with Gasteiger partial charge in [0.05, 0.1) is 0 Å². The molecule has 1 aromatic rings. The first-order valence-corrected chi connectivity index (χ1v) is 9.43. The van der Waals surface area contributed by atoms with Crippen molar-refractivity contribution in [1.29, 1.82) is 0 Å². The summed E-state index contributed by atoms with van der Waals surface area (Å²) < 4.78 is 27.3. The number of aromatic nitrogens is 2. The molecule has 2 aliphatic carbocycles. The van der Waals surface area contributed by atoms with E-state index in [4.69, 9.17) is 0 Å². The first-order chi connectivity index (χ1) is 9.98. The van der Waals surface area contributed by atoms with Crippen molar-refractivity contribution in [2.24, 2.45) is 11.8 Å². The Morgan fingerprint density at radius 2 is 2.14 bits per heavy atom. The van der Waals surface area contributed by atoms with Crippen LogP contribution < -0.4 is 10.0 Å². The fraction of sp³-hybridized carbons (Fsp3) is 0.750. The summed E-state index contributed by atoms with van der Waals surface area (Å²) >= 11 is 0.882. The number of amides is 1. The lowest BCUT2D eigenvalue weighted by Gasteiger charge is -2.21. The Morgan fingerprint density at radius 1 is 1.33 bits per heavy atom. The van der Waals surface area contributed by atoms with Crippen LogP contribution in [0.5, 0.6) is 0 Å². The minimum absolute atomic E-state index is 0.0198. The number of nitrogens with one attached hydrogen (secondary N) is 2. The van der Waals surface area contributed by atoms with Crippen molar-refractivity contribution >= 4 is 32.4 Å². The Morgan fingerprint density at radius 3 is 2.76 bits per heavy atom. The summed E-state index contributed by atoms with van der Waals surface area (Å²) in [5.74, 6) is 0.907. The van der Waals surface area contributed by atoms with Gasteiger partial charge in [-0.25, -0.2) is 13.1 Å². The SMILES string of the molecule is CCC(=O)Nc1nnc(S(=O)(=O)NC2CC3CCC2C3)s1. The van der Waals surface area contributed by atoms with Crippen LogP contribution in [0.15, 0.2) is 4.34 Å². The van der Waals surface area contributed by atoms with E-state index < -0.39 is 10.0 Å². The zero-order chi connectivity index (χ0) is 15.0. The largest absolute Gasteiger partial charge is 0.301 e. The van der Waals surface area contributed by atoms with Crippen LogP contribution in [-0.2, 0) is 14.8 Å². The Balaban J connectivity index is 1.69. The highest BCUT2D eigenvalue weighted by atomic mass is 32.2. The number of nitrogens with zero attached hydrogens (tertiary/aromatic N) is 2. The lowest BCUT2D eigenvalue weighted by Crippen LogP contribution is -2.38. The van der Waals surface area contributed by atoms with E-state index in [-0.39, 0.29) is 21.4 Å². The van der Waals surface area contributed by atoms with Crippen LogP contribution in [0.4, 0.5) is 5.13 Å². The third-order valence-corrected chi connectivity index (χ3v) is 6.94. The quantitative estimate of drug-likeness (QED) is 0.794. The first kappa shape index (κ1) is 14.9. The van der Waals surface area contributed by atoms with E-state index in [9.17, 15) is 13.2 Å². The Bertz CT molecular complexity index is 643. The van der Waals surface area contributed by atoms with Crippen molar-refractivity contribution in [2.75, 3.05) is 5.32 Å². The molecule has 0 spiro atoms. The molecule has 0 radical (unpaired) electrons. The number of hydrogen-bond donors (Lipinski definition) is 2. The summed E-state index contributed by atoms with van der Waals surface area (Å²) in [5.41, 5.74) is 0. The average Bonchev–Trinajstić information content (AvgIpc) is 3.13. The molecule has 21 heavy (non-hydrogen) atoms. The standard InChI is InChI=1S/C12H18N4O3S2/c1-2-10(17)13-11-14-15-12(20-11)21(18,19)16-9-6-7-3-4-8(9)5-7/h7-9,16H,2-6H2,1H3,(H,13,14,17). The molecule has 0 aromatic carbocycles. The zero-order valence-corrected chi connectivity index (χ0v) is 13.3. The predicted molar refractivity (Wildman–Crippen MR) is 78.4 cm³/mol. The second kappa shape index (κ2) is 5.62. The molecule has 3 unspecified atom stereocenters. The topological polar surface area (TPSA) is 101 Å². The maximum absolute atomic E-state index is 12.3. The molecule has 1 aromatic heterocycles. The maximum atomic E-state index is 12.3. The van der Waals surface area contributed by atoms with Crippen molar-refractivity contribution in [3.63, 3.8) is 0 Å². The molecule has 3 atom stereocenters. The number of sulfonamides is 1. The monoisotopic (exact) mass is 330 g/mol. The highest BCUT2D eigenvalue weighted by Crippen LogP contribution is 2.44. The molecule has 7 nitrogen and oxygen atoms in total. The number of anilines is 1. The van der Waals surface area contributed by atoms with Crippen LogP contribution in [0, 0.1) is 11.8 Å². The van der Waals surface area contributed by atoms with Gasteiger partial charge in [0.1, 0.15) is 0 Å². The number of rotatable bonds is 5. The van der Waals surface area contributed by atoms with Crippen molar-refractivity contribution in [2.45, 2.75) is 49.4 Å². The third-order valence-electron chi connectivity index (χ3n) is 4.25. The molecule has 2 N–H and O–H groups in total. The van der Waals surface area contributed by atoms with E-state index in [1.165, 1.54) is 6.42 Å². The molecule has 0 saturated heterocycles. The van der Waals surface area contributed by atoms with Gasteiger partial charge in [-0.3, -0.25) is 4.79 Å². The van der Waals surface area contributed by atoms with Gasteiger partial charge in [0, 0.05) is 12.5 Å². The molecule has 1 heterocycles. The summed E-state index contributed by atoms with van der Waals surface area (Å²) in [7, 11) is -3.64. The van der Waals surface area contributed by atoms with Crippen molar-refractivity contribution < 1.29 is 13.2 Å². The van der Waals surface area contributed by atoms with Gasteiger partial charge in [0.15, 0.2) is 0 Å². The lowest BCUT2D eigenvalue weighted by atomic mass is 9.96. The highest BCUT2D eigenvalue weighted by Gasteiger charge is 2.41. The van der Waals surface area contributed by atoms with Gasteiger partial charge >= 0.3 is 0 Å². The predicted octanol–water partition coefficient (Wildman–Crippen LogP) is 1.35. The Kier molecular flexibility index (Phi) is 3.98. The van der Waals surface area contributed by atoms with E-state index in [2.05, 4.69) is 20.2 Å². The van der Waals surface area contributed by atoms with Crippen LogP contribution in [-0.4, -0.2) is 30.6 Å². The summed E-state index contributed by atoms with van der Waals surface area (Å²) in [4.78, 5) is 11.3. The van der Waals surface area contributed by atoms with Crippen LogP contribution in [0.1, 0.15) is 39.0 Å². The van der Waals surface area contributed by atoms with Gasteiger partial charge in [0.25, 0.3) is 10.0 Å². The van der Waals surface area contributed by atoms with E-state index in [0.29, 0.717) is 18.3 Å². The second-order valence-electron chi connectivity index (χ2n) is 5.68. The summed E-state index contributed by atoms with van der Waals surface area (Å²) in [5, 5.41) is 10.1.